The van der Waals surface area contributed by atoms with E-state index >= 15 is 0 Å². The Kier molecular flexibility index (Phi) is 4.49. The molecule has 0 bridgehead atoms. The molecule has 2 aromatic carbocycles. The number of carbonyl (C=O) groups is 1. The topological polar surface area (TPSA) is 33.2 Å². The molecule has 0 aliphatic heterocycles. The third-order valence-corrected chi connectivity index (χ3v) is 5.79. The SMILES string of the molecule is O=C(C1CCCC1)N(Cc1ccccc1)c1nc2c(F)cccc2s1. The molecule has 4 rings (SSSR count). The van der Waals surface area contributed by atoms with Gasteiger partial charge in [-0.15, -0.1) is 0 Å². The molecule has 128 valence electrons. The van der Waals surface area contributed by atoms with Crippen molar-refractivity contribution in [3.63, 3.8) is 0 Å². The molecule has 3 nitrogen and oxygen atoms in total. The molecule has 1 aliphatic rings. The van der Waals surface area contributed by atoms with Crippen LogP contribution in [-0.2, 0) is 11.3 Å². The fraction of sp³-hybridized carbons (Fsp3) is 0.300. The Bertz CT molecular complexity index is 887. The van der Waals surface area contributed by atoms with E-state index in [1.165, 1.54) is 17.4 Å². The van der Waals surface area contributed by atoms with Crippen molar-refractivity contribution >= 4 is 32.6 Å². The van der Waals surface area contributed by atoms with E-state index < -0.39 is 0 Å². The predicted molar refractivity (Wildman–Crippen MR) is 99.2 cm³/mol. The molecule has 1 saturated carbocycles. The highest BCUT2D eigenvalue weighted by molar-refractivity contribution is 7.22. The molecular weight excluding hydrogens is 335 g/mol. The van der Waals surface area contributed by atoms with E-state index in [0.29, 0.717) is 17.2 Å². The number of rotatable bonds is 4. The van der Waals surface area contributed by atoms with E-state index in [1.807, 2.05) is 36.4 Å². The highest BCUT2D eigenvalue weighted by atomic mass is 32.1. The van der Waals surface area contributed by atoms with Gasteiger partial charge in [0, 0.05) is 5.92 Å². The maximum Gasteiger partial charge on any atom is 0.232 e. The van der Waals surface area contributed by atoms with E-state index in [9.17, 15) is 9.18 Å². The smallest absolute Gasteiger partial charge is 0.232 e. The van der Waals surface area contributed by atoms with Crippen LogP contribution < -0.4 is 4.90 Å². The van der Waals surface area contributed by atoms with Gasteiger partial charge < -0.3 is 0 Å². The number of halogens is 1. The summed E-state index contributed by atoms with van der Waals surface area (Å²) >= 11 is 1.38. The van der Waals surface area contributed by atoms with Gasteiger partial charge in [0.05, 0.1) is 11.2 Å². The minimum atomic E-state index is -0.340. The van der Waals surface area contributed by atoms with E-state index in [4.69, 9.17) is 0 Å². The number of nitrogens with zero attached hydrogens (tertiary/aromatic N) is 2. The van der Waals surface area contributed by atoms with Crippen molar-refractivity contribution in [2.75, 3.05) is 4.90 Å². The van der Waals surface area contributed by atoms with Gasteiger partial charge in [-0.3, -0.25) is 9.69 Å². The van der Waals surface area contributed by atoms with E-state index in [1.54, 1.807) is 11.0 Å². The Labute approximate surface area is 150 Å². The average Bonchev–Trinajstić information content (AvgIpc) is 3.30. The molecule has 0 atom stereocenters. The Balaban J connectivity index is 1.72. The minimum absolute atomic E-state index is 0.0561. The molecule has 1 aromatic heterocycles. The zero-order valence-electron chi connectivity index (χ0n) is 13.8. The molecular formula is C20H19FN2OS. The zero-order valence-corrected chi connectivity index (χ0v) is 14.6. The molecule has 0 N–H and O–H groups in total. The second-order valence-electron chi connectivity index (χ2n) is 6.47. The predicted octanol–water partition coefficient (Wildman–Crippen LogP) is 5.16. The van der Waals surface area contributed by atoms with Gasteiger partial charge in [0.2, 0.25) is 5.91 Å². The molecule has 0 unspecified atom stereocenters. The van der Waals surface area contributed by atoms with Crippen molar-refractivity contribution in [3.05, 3.63) is 59.9 Å². The summed E-state index contributed by atoms with van der Waals surface area (Å²) in [6.45, 7) is 0.470. The summed E-state index contributed by atoms with van der Waals surface area (Å²) in [5.41, 5.74) is 1.40. The van der Waals surface area contributed by atoms with Crippen molar-refractivity contribution < 1.29 is 9.18 Å². The van der Waals surface area contributed by atoms with Gasteiger partial charge in [-0.2, -0.15) is 0 Å². The molecule has 0 radical (unpaired) electrons. The molecule has 1 heterocycles. The van der Waals surface area contributed by atoms with Gasteiger partial charge in [-0.25, -0.2) is 9.37 Å². The highest BCUT2D eigenvalue weighted by Crippen LogP contribution is 2.34. The van der Waals surface area contributed by atoms with Gasteiger partial charge in [-0.05, 0) is 30.5 Å². The molecule has 5 heteroatoms. The Morgan fingerprint density at radius 1 is 1.12 bits per heavy atom. The lowest BCUT2D eigenvalue weighted by Gasteiger charge is -2.23. The van der Waals surface area contributed by atoms with Crippen LogP contribution in [-0.4, -0.2) is 10.9 Å². The van der Waals surface area contributed by atoms with Gasteiger partial charge in [0.1, 0.15) is 11.3 Å². The van der Waals surface area contributed by atoms with Crippen LogP contribution in [0.5, 0.6) is 0 Å². The largest absolute Gasteiger partial charge is 0.283 e. The van der Waals surface area contributed by atoms with Gasteiger partial charge in [0.25, 0.3) is 0 Å². The third kappa shape index (κ3) is 3.29. The molecule has 0 spiro atoms. The van der Waals surface area contributed by atoms with Crippen molar-refractivity contribution in [1.82, 2.24) is 4.98 Å². The minimum Gasteiger partial charge on any atom is -0.283 e. The molecule has 1 fully saturated rings. The van der Waals surface area contributed by atoms with Crippen LogP contribution in [0.3, 0.4) is 0 Å². The number of aromatic nitrogens is 1. The van der Waals surface area contributed by atoms with Gasteiger partial charge in [-0.1, -0.05) is 60.6 Å². The quantitative estimate of drug-likeness (QED) is 0.648. The fourth-order valence-corrected chi connectivity index (χ4v) is 4.40. The lowest BCUT2D eigenvalue weighted by molar-refractivity contribution is -0.122. The van der Waals surface area contributed by atoms with Gasteiger partial charge >= 0.3 is 0 Å². The standard InChI is InChI=1S/C20H19FN2OS/c21-16-11-6-12-17-18(16)22-20(25-17)23(13-14-7-2-1-3-8-14)19(24)15-9-4-5-10-15/h1-3,6-8,11-12,15H,4-5,9-10,13H2. The number of carbonyl (C=O) groups excluding carboxylic acids is 1. The number of amides is 1. The summed E-state index contributed by atoms with van der Waals surface area (Å²) in [6, 6.07) is 14.8. The average molecular weight is 354 g/mol. The van der Waals surface area contributed by atoms with Crippen molar-refractivity contribution in [2.45, 2.75) is 32.2 Å². The van der Waals surface area contributed by atoms with E-state index in [0.717, 1.165) is 35.9 Å². The summed E-state index contributed by atoms with van der Waals surface area (Å²) in [5.74, 6) is -0.172. The van der Waals surface area contributed by atoms with E-state index in [-0.39, 0.29) is 17.6 Å². The second kappa shape index (κ2) is 6.92. The van der Waals surface area contributed by atoms with Crippen molar-refractivity contribution in [3.8, 4) is 0 Å². The zero-order chi connectivity index (χ0) is 17.2. The van der Waals surface area contributed by atoms with Crippen LogP contribution >= 0.6 is 11.3 Å². The summed E-state index contributed by atoms with van der Waals surface area (Å²) in [6.07, 6.45) is 4.07. The number of fused-ring (bicyclic) bond motifs is 1. The lowest BCUT2D eigenvalue weighted by atomic mass is 10.1. The van der Waals surface area contributed by atoms with Crippen molar-refractivity contribution in [2.24, 2.45) is 5.92 Å². The summed E-state index contributed by atoms with van der Waals surface area (Å²) < 4.78 is 14.8. The Hall–Kier alpha value is -2.27. The highest BCUT2D eigenvalue weighted by Gasteiger charge is 2.30. The number of thiazole rings is 1. The normalized spacial score (nSPS) is 14.9. The summed E-state index contributed by atoms with van der Waals surface area (Å²) in [5, 5.41) is 0.584. The Morgan fingerprint density at radius 2 is 1.88 bits per heavy atom. The summed E-state index contributed by atoms with van der Waals surface area (Å²) in [4.78, 5) is 19.3. The summed E-state index contributed by atoms with van der Waals surface area (Å²) in [7, 11) is 0. The van der Waals surface area contributed by atoms with Crippen LogP contribution in [0, 0.1) is 11.7 Å². The fourth-order valence-electron chi connectivity index (χ4n) is 3.42. The number of para-hydroxylation sites is 1. The first kappa shape index (κ1) is 16.2. The lowest BCUT2D eigenvalue weighted by Crippen LogP contribution is -2.34. The molecule has 1 amide bonds. The third-order valence-electron chi connectivity index (χ3n) is 4.74. The number of hydrogen-bond donors (Lipinski definition) is 0. The van der Waals surface area contributed by atoms with Crippen LogP contribution in [0.15, 0.2) is 48.5 Å². The molecule has 0 saturated heterocycles. The monoisotopic (exact) mass is 354 g/mol. The number of anilines is 1. The maximum absolute atomic E-state index is 14.0. The van der Waals surface area contributed by atoms with Crippen molar-refractivity contribution in [1.29, 1.82) is 0 Å². The molecule has 3 aromatic rings. The molecule has 25 heavy (non-hydrogen) atoms. The number of benzene rings is 2. The maximum atomic E-state index is 14.0. The van der Waals surface area contributed by atoms with Gasteiger partial charge in [0.15, 0.2) is 5.13 Å². The van der Waals surface area contributed by atoms with Crippen LogP contribution in [0.25, 0.3) is 10.2 Å². The second-order valence-corrected chi connectivity index (χ2v) is 7.48. The first-order valence-corrected chi connectivity index (χ1v) is 9.44. The van der Waals surface area contributed by atoms with Crippen LogP contribution in [0.4, 0.5) is 9.52 Å². The van der Waals surface area contributed by atoms with Crippen LogP contribution in [0.1, 0.15) is 31.2 Å². The first-order chi connectivity index (χ1) is 12.2. The first-order valence-electron chi connectivity index (χ1n) is 8.63. The molecule has 1 aliphatic carbocycles. The Morgan fingerprint density at radius 3 is 2.60 bits per heavy atom. The van der Waals surface area contributed by atoms with Crippen LogP contribution in [0.2, 0.25) is 0 Å². The van der Waals surface area contributed by atoms with E-state index in [2.05, 4.69) is 4.98 Å². The number of hydrogen-bond acceptors (Lipinski definition) is 3.